The van der Waals surface area contributed by atoms with E-state index in [-0.39, 0.29) is 18.3 Å². The van der Waals surface area contributed by atoms with Crippen molar-refractivity contribution in [2.45, 2.75) is 6.92 Å². The predicted molar refractivity (Wildman–Crippen MR) is 81.0 cm³/mol. The molecule has 0 aliphatic carbocycles. The Bertz CT molecular complexity index is 710. The van der Waals surface area contributed by atoms with Gasteiger partial charge in [-0.05, 0) is 48.9 Å². The van der Waals surface area contributed by atoms with E-state index in [1.807, 2.05) is 31.2 Å². The minimum Gasteiger partial charge on any atom is -0.326 e. The van der Waals surface area contributed by atoms with Crippen molar-refractivity contribution in [2.75, 3.05) is 16.8 Å². The summed E-state index contributed by atoms with van der Waals surface area (Å²) in [6.45, 7) is 2.08. The monoisotopic (exact) mass is 283 g/mol. The third kappa shape index (κ3) is 2.76. The van der Waals surface area contributed by atoms with Gasteiger partial charge in [-0.25, -0.2) is 14.3 Å². The van der Waals surface area contributed by atoms with E-state index in [1.165, 1.54) is 17.0 Å². The van der Waals surface area contributed by atoms with E-state index in [4.69, 9.17) is 0 Å². The molecule has 0 aromatic heterocycles. The van der Waals surface area contributed by atoms with Gasteiger partial charge in [0.1, 0.15) is 12.4 Å². The van der Waals surface area contributed by atoms with Crippen molar-refractivity contribution < 1.29 is 9.18 Å². The summed E-state index contributed by atoms with van der Waals surface area (Å²) >= 11 is 0. The standard InChI is InChI=1S/C16H14FN3O/c1-11-3-2-4-14(9-11)20-15(21)10-18-16(20)19-13-7-5-12(17)6-8-13/h2-9H,10H2,1H3,(H,18,19). The zero-order chi connectivity index (χ0) is 14.8. The number of aliphatic imine (C=N–C) groups is 1. The Labute approximate surface area is 121 Å². The molecular formula is C16H14FN3O. The third-order valence-electron chi connectivity index (χ3n) is 3.19. The molecular weight excluding hydrogens is 269 g/mol. The third-order valence-corrected chi connectivity index (χ3v) is 3.19. The van der Waals surface area contributed by atoms with Crippen molar-refractivity contribution in [3.05, 3.63) is 59.9 Å². The number of hydrogen-bond acceptors (Lipinski definition) is 3. The fraction of sp³-hybridized carbons (Fsp3) is 0.125. The molecule has 1 N–H and O–H groups in total. The van der Waals surface area contributed by atoms with Gasteiger partial charge >= 0.3 is 0 Å². The maximum Gasteiger partial charge on any atom is 0.255 e. The predicted octanol–water partition coefficient (Wildman–Crippen LogP) is 2.95. The summed E-state index contributed by atoms with van der Waals surface area (Å²) in [6, 6.07) is 13.6. The van der Waals surface area contributed by atoms with Crippen molar-refractivity contribution >= 4 is 23.2 Å². The molecule has 21 heavy (non-hydrogen) atoms. The highest BCUT2D eigenvalue weighted by molar-refractivity contribution is 6.24. The van der Waals surface area contributed by atoms with Crippen LogP contribution in [-0.4, -0.2) is 18.4 Å². The summed E-state index contributed by atoms with van der Waals surface area (Å²) in [5.41, 5.74) is 2.52. The number of hydrogen-bond donors (Lipinski definition) is 1. The van der Waals surface area contributed by atoms with E-state index in [1.54, 1.807) is 12.1 Å². The van der Waals surface area contributed by atoms with Crippen molar-refractivity contribution in [2.24, 2.45) is 4.99 Å². The van der Waals surface area contributed by atoms with Gasteiger partial charge in [0.05, 0.1) is 5.69 Å². The van der Waals surface area contributed by atoms with Gasteiger partial charge in [-0.3, -0.25) is 4.79 Å². The average molecular weight is 283 g/mol. The number of anilines is 2. The Morgan fingerprint density at radius 2 is 1.95 bits per heavy atom. The highest BCUT2D eigenvalue weighted by Gasteiger charge is 2.27. The molecule has 1 aliphatic heterocycles. The van der Waals surface area contributed by atoms with E-state index in [2.05, 4.69) is 10.3 Å². The van der Waals surface area contributed by atoms with Gasteiger partial charge < -0.3 is 5.32 Å². The van der Waals surface area contributed by atoms with Crippen LogP contribution in [0.15, 0.2) is 53.5 Å². The van der Waals surface area contributed by atoms with Gasteiger partial charge in [0.25, 0.3) is 5.91 Å². The number of amides is 1. The number of carbonyl (C=O) groups is 1. The van der Waals surface area contributed by atoms with E-state index in [0.717, 1.165) is 11.3 Å². The number of carbonyl (C=O) groups excluding carboxylic acids is 1. The first-order valence-electron chi connectivity index (χ1n) is 6.60. The highest BCUT2D eigenvalue weighted by Crippen LogP contribution is 2.21. The molecule has 0 saturated heterocycles. The quantitative estimate of drug-likeness (QED) is 0.921. The van der Waals surface area contributed by atoms with Crippen molar-refractivity contribution in [1.82, 2.24) is 0 Å². The van der Waals surface area contributed by atoms with Crippen LogP contribution in [0.25, 0.3) is 0 Å². The van der Waals surface area contributed by atoms with Crippen LogP contribution < -0.4 is 10.2 Å². The lowest BCUT2D eigenvalue weighted by Crippen LogP contribution is -2.36. The van der Waals surface area contributed by atoms with Crippen molar-refractivity contribution in [1.29, 1.82) is 0 Å². The van der Waals surface area contributed by atoms with Crippen molar-refractivity contribution in [3.8, 4) is 0 Å². The second-order valence-corrected chi connectivity index (χ2v) is 4.84. The number of rotatable bonds is 2. The summed E-state index contributed by atoms with van der Waals surface area (Å²) in [5, 5.41) is 3.05. The molecule has 2 aromatic rings. The molecule has 5 heteroatoms. The number of nitrogens with zero attached hydrogens (tertiary/aromatic N) is 2. The first-order chi connectivity index (χ1) is 10.1. The van der Waals surface area contributed by atoms with Crippen LogP contribution in [0.5, 0.6) is 0 Å². The van der Waals surface area contributed by atoms with Crippen LogP contribution in [0.2, 0.25) is 0 Å². The minimum atomic E-state index is -0.305. The van der Waals surface area contributed by atoms with Gasteiger partial charge in [0.2, 0.25) is 5.96 Å². The summed E-state index contributed by atoms with van der Waals surface area (Å²) in [5.74, 6) is 0.0583. The van der Waals surface area contributed by atoms with E-state index in [9.17, 15) is 9.18 Å². The Balaban J connectivity index is 1.87. The topological polar surface area (TPSA) is 44.7 Å². The molecule has 0 spiro atoms. The van der Waals surface area contributed by atoms with Gasteiger partial charge in [0, 0.05) is 5.69 Å². The molecule has 106 valence electrons. The smallest absolute Gasteiger partial charge is 0.255 e. The lowest BCUT2D eigenvalue weighted by molar-refractivity contribution is -0.115. The Hall–Kier alpha value is -2.69. The summed E-state index contributed by atoms with van der Waals surface area (Å²) in [7, 11) is 0. The normalized spacial score (nSPS) is 14.3. The second-order valence-electron chi connectivity index (χ2n) is 4.84. The summed E-state index contributed by atoms with van der Waals surface area (Å²) < 4.78 is 12.9. The second kappa shape index (κ2) is 5.36. The summed E-state index contributed by atoms with van der Waals surface area (Å²) in [6.07, 6.45) is 0. The Morgan fingerprint density at radius 1 is 1.19 bits per heavy atom. The van der Waals surface area contributed by atoms with Gasteiger partial charge in [0.15, 0.2) is 0 Å². The van der Waals surface area contributed by atoms with Crippen LogP contribution in [-0.2, 0) is 4.79 Å². The molecule has 2 aromatic carbocycles. The van der Waals surface area contributed by atoms with Gasteiger partial charge in [-0.15, -0.1) is 0 Å². The van der Waals surface area contributed by atoms with Crippen LogP contribution in [0, 0.1) is 12.7 Å². The fourth-order valence-corrected chi connectivity index (χ4v) is 2.19. The van der Waals surface area contributed by atoms with Crippen LogP contribution in [0.3, 0.4) is 0 Å². The molecule has 0 saturated carbocycles. The number of benzene rings is 2. The average Bonchev–Trinajstić information content (AvgIpc) is 2.82. The molecule has 0 atom stereocenters. The van der Waals surface area contributed by atoms with Crippen LogP contribution in [0.1, 0.15) is 5.56 Å². The van der Waals surface area contributed by atoms with Crippen molar-refractivity contribution in [3.63, 3.8) is 0 Å². The first kappa shape index (κ1) is 13.3. The highest BCUT2D eigenvalue weighted by atomic mass is 19.1. The molecule has 1 heterocycles. The fourth-order valence-electron chi connectivity index (χ4n) is 2.19. The molecule has 1 amide bonds. The largest absolute Gasteiger partial charge is 0.326 e. The summed E-state index contributed by atoms with van der Waals surface area (Å²) in [4.78, 5) is 17.8. The number of guanidine groups is 1. The van der Waals surface area contributed by atoms with Crippen LogP contribution >= 0.6 is 0 Å². The number of halogens is 1. The van der Waals surface area contributed by atoms with Gasteiger partial charge in [-0.1, -0.05) is 12.1 Å². The number of nitrogens with one attached hydrogen (secondary N) is 1. The zero-order valence-electron chi connectivity index (χ0n) is 11.5. The van der Waals surface area contributed by atoms with E-state index in [0.29, 0.717) is 11.6 Å². The van der Waals surface area contributed by atoms with E-state index < -0.39 is 0 Å². The Morgan fingerprint density at radius 3 is 2.67 bits per heavy atom. The zero-order valence-corrected chi connectivity index (χ0v) is 11.5. The maximum absolute atomic E-state index is 12.9. The first-order valence-corrected chi connectivity index (χ1v) is 6.60. The molecule has 0 bridgehead atoms. The maximum atomic E-state index is 12.9. The Kier molecular flexibility index (Phi) is 3.39. The lowest BCUT2D eigenvalue weighted by Gasteiger charge is -2.20. The molecule has 0 unspecified atom stereocenters. The number of aryl methyl sites for hydroxylation is 1. The van der Waals surface area contributed by atoms with Gasteiger partial charge in [-0.2, -0.15) is 0 Å². The minimum absolute atomic E-state index is 0.0924. The van der Waals surface area contributed by atoms with E-state index >= 15 is 0 Å². The molecule has 4 nitrogen and oxygen atoms in total. The lowest BCUT2D eigenvalue weighted by atomic mass is 10.2. The molecule has 3 rings (SSSR count). The van der Waals surface area contributed by atoms with Crippen LogP contribution in [0.4, 0.5) is 15.8 Å². The molecule has 0 fully saturated rings. The molecule has 1 aliphatic rings. The SMILES string of the molecule is Cc1cccc(N2C(=O)CN=C2Nc2ccc(F)cc2)c1. The molecule has 0 radical (unpaired) electrons.